The predicted molar refractivity (Wildman–Crippen MR) is 71.0 cm³/mol. The Labute approximate surface area is 103 Å². The Kier molecular flexibility index (Phi) is 2.00. The molecule has 0 unspecified atom stereocenters. The number of hydrogen-bond acceptors (Lipinski definition) is 1. The Balaban J connectivity index is 1.93. The van der Waals surface area contributed by atoms with Gasteiger partial charge in [-0.1, -0.05) is 31.0 Å². The maximum atomic E-state index is 4.97. The van der Waals surface area contributed by atoms with Crippen molar-refractivity contribution in [1.29, 1.82) is 0 Å². The third-order valence-electron chi connectivity index (χ3n) is 5.19. The minimum Gasteiger partial charge on any atom is -0.257 e. The van der Waals surface area contributed by atoms with Gasteiger partial charge in [-0.05, 0) is 49.7 Å². The summed E-state index contributed by atoms with van der Waals surface area (Å²) in [4.78, 5) is 4.97. The highest BCUT2D eigenvalue weighted by Crippen LogP contribution is 2.56. The van der Waals surface area contributed by atoms with Crippen molar-refractivity contribution < 1.29 is 0 Å². The van der Waals surface area contributed by atoms with Gasteiger partial charge in [0.2, 0.25) is 0 Å². The number of rotatable bonds is 0. The third-order valence-corrected chi connectivity index (χ3v) is 5.19. The van der Waals surface area contributed by atoms with Gasteiger partial charge in [-0.25, -0.2) is 0 Å². The average Bonchev–Trinajstić information content (AvgIpc) is 2.71. The van der Waals surface area contributed by atoms with Gasteiger partial charge in [-0.2, -0.15) is 0 Å². The Morgan fingerprint density at radius 1 is 1.06 bits per heavy atom. The van der Waals surface area contributed by atoms with E-state index in [-0.39, 0.29) is 0 Å². The van der Waals surface area contributed by atoms with Crippen molar-refractivity contribution in [3.05, 3.63) is 29.8 Å². The van der Waals surface area contributed by atoms with E-state index in [1.807, 2.05) is 0 Å². The fourth-order valence-corrected chi connectivity index (χ4v) is 4.51. The number of aliphatic imine (C=N–C) groups is 1. The highest BCUT2D eigenvalue weighted by atomic mass is 14.8. The molecular formula is C16H19N. The van der Waals surface area contributed by atoms with E-state index in [9.17, 15) is 0 Å². The van der Waals surface area contributed by atoms with Gasteiger partial charge < -0.3 is 0 Å². The normalized spacial score (nSPS) is 34.6. The van der Waals surface area contributed by atoms with Crippen LogP contribution in [0.4, 0.5) is 5.69 Å². The molecule has 1 heteroatoms. The van der Waals surface area contributed by atoms with Gasteiger partial charge in [0.1, 0.15) is 0 Å². The number of nitrogens with zero attached hydrogens (tertiary/aromatic N) is 1. The predicted octanol–water partition coefficient (Wildman–Crippen LogP) is 4.38. The molecule has 0 saturated heterocycles. The first-order chi connectivity index (χ1) is 8.41. The van der Waals surface area contributed by atoms with E-state index in [2.05, 4.69) is 24.3 Å². The molecular weight excluding hydrogens is 206 g/mol. The zero-order valence-corrected chi connectivity index (χ0v) is 10.3. The Morgan fingerprint density at radius 3 is 2.94 bits per heavy atom. The standard InChI is InChI=1S/C16H19N/c1-2-9-14-13(8-1)16-11-4-3-6-12(16)7-5-10-15(16)17-14/h1-2,8-9,12H,3-7,10-11H2/t12-,16+/m0/s1. The first-order valence-corrected chi connectivity index (χ1v) is 7.09. The molecule has 0 radical (unpaired) electrons. The molecule has 0 amide bonds. The van der Waals surface area contributed by atoms with Crippen LogP contribution in [0.5, 0.6) is 0 Å². The van der Waals surface area contributed by atoms with Crippen LogP contribution in [0.3, 0.4) is 0 Å². The zero-order chi connectivity index (χ0) is 11.3. The highest BCUT2D eigenvalue weighted by molar-refractivity contribution is 6.02. The number of hydrogen-bond donors (Lipinski definition) is 0. The van der Waals surface area contributed by atoms with Crippen molar-refractivity contribution in [2.24, 2.45) is 10.9 Å². The van der Waals surface area contributed by atoms with Crippen LogP contribution >= 0.6 is 0 Å². The molecule has 0 N–H and O–H groups in total. The number of para-hydroxylation sites is 1. The summed E-state index contributed by atoms with van der Waals surface area (Å²) in [7, 11) is 0. The summed E-state index contributed by atoms with van der Waals surface area (Å²) in [6, 6.07) is 8.89. The molecule has 1 aliphatic heterocycles. The Morgan fingerprint density at radius 2 is 1.94 bits per heavy atom. The fraction of sp³-hybridized carbons (Fsp3) is 0.562. The quantitative estimate of drug-likeness (QED) is 0.621. The third kappa shape index (κ3) is 1.17. The summed E-state index contributed by atoms with van der Waals surface area (Å²) in [5, 5.41) is 0. The molecule has 4 rings (SSSR count). The first kappa shape index (κ1) is 9.87. The Hall–Kier alpha value is -1.11. The summed E-state index contributed by atoms with van der Waals surface area (Å²) in [5.41, 5.74) is 4.72. The zero-order valence-electron chi connectivity index (χ0n) is 10.3. The molecule has 2 fully saturated rings. The summed E-state index contributed by atoms with van der Waals surface area (Å²) < 4.78 is 0. The van der Waals surface area contributed by atoms with Crippen LogP contribution in [0.2, 0.25) is 0 Å². The molecule has 1 nitrogen and oxygen atoms in total. The lowest BCUT2D eigenvalue weighted by atomic mass is 9.56. The van der Waals surface area contributed by atoms with Crippen molar-refractivity contribution in [1.82, 2.24) is 0 Å². The molecule has 88 valence electrons. The maximum Gasteiger partial charge on any atom is 0.0671 e. The largest absolute Gasteiger partial charge is 0.257 e. The van der Waals surface area contributed by atoms with E-state index in [4.69, 9.17) is 4.99 Å². The van der Waals surface area contributed by atoms with Crippen LogP contribution in [0.15, 0.2) is 29.3 Å². The van der Waals surface area contributed by atoms with Gasteiger partial charge in [0.15, 0.2) is 0 Å². The second kappa shape index (κ2) is 3.44. The van der Waals surface area contributed by atoms with Crippen LogP contribution in [0.1, 0.15) is 50.5 Å². The molecule has 0 aromatic heterocycles. The van der Waals surface area contributed by atoms with E-state index in [1.54, 1.807) is 5.56 Å². The molecule has 1 aromatic rings. The first-order valence-electron chi connectivity index (χ1n) is 7.09. The highest BCUT2D eigenvalue weighted by Gasteiger charge is 2.51. The molecule has 3 aliphatic rings. The smallest absolute Gasteiger partial charge is 0.0671 e. The minimum absolute atomic E-state index is 0.368. The molecule has 0 bridgehead atoms. The van der Waals surface area contributed by atoms with E-state index in [1.165, 1.54) is 56.3 Å². The van der Waals surface area contributed by atoms with Crippen molar-refractivity contribution in [3.8, 4) is 0 Å². The van der Waals surface area contributed by atoms with Crippen molar-refractivity contribution in [2.75, 3.05) is 0 Å². The van der Waals surface area contributed by atoms with Crippen LogP contribution < -0.4 is 0 Å². The van der Waals surface area contributed by atoms with Crippen molar-refractivity contribution in [3.63, 3.8) is 0 Å². The molecule has 1 spiro atoms. The summed E-state index contributed by atoms with van der Waals surface area (Å²) in [6.45, 7) is 0. The van der Waals surface area contributed by atoms with Gasteiger partial charge in [-0.15, -0.1) is 0 Å². The van der Waals surface area contributed by atoms with Crippen molar-refractivity contribution >= 4 is 11.4 Å². The summed E-state index contributed by atoms with van der Waals surface area (Å²) in [5.74, 6) is 0.882. The fourth-order valence-electron chi connectivity index (χ4n) is 4.51. The SMILES string of the molecule is c1ccc2c(c1)N=C1CCC[C@@H]3CCCC[C@]123. The van der Waals surface area contributed by atoms with Crippen LogP contribution in [-0.2, 0) is 5.41 Å². The van der Waals surface area contributed by atoms with Gasteiger partial charge >= 0.3 is 0 Å². The van der Waals surface area contributed by atoms with E-state index >= 15 is 0 Å². The lowest BCUT2D eigenvalue weighted by Gasteiger charge is -2.46. The van der Waals surface area contributed by atoms with Gasteiger partial charge in [0.25, 0.3) is 0 Å². The molecule has 17 heavy (non-hydrogen) atoms. The topological polar surface area (TPSA) is 12.4 Å². The molecule has 1 aromatic carbocycles. The lowest BCUT2D eigenvalue weighted by molar-refractivity contribution is 0.221. The molecule has 1 heterocycles. The van der Waals surface area contributed by atoms with Crippen LogP contribution in [-0.4, -0.2) is 5.71 Å². The maximum absolute atomic E-state index is 4.97. The van der Waals surface area contributed by atoms with Crippen LogP contribution in [0.25, 0.3) is 0 Å². The summed E-state index contributed by atoms with van der Waals surface area (Å²) in [6.07, 6.45) is 9.63. The average molecular weight is 225 g/mol. The second-order valence-corrected chi connectivity index (χ2v) is 5.88. The minimum atomic E-state index is 0.368. The molecule has 2 saturated carbocycles. The van der Waals surface area contributed by atoms with Crippen molar-refractivity contribution in [2.45, 2.75) is 50.4 Å². The van der Waals surface area contributed by atoms with Gasteiger partial charge in [0, 0.05) is 11.1 Å². The second-order valence-electron chi connectivity index (χ2n) is 5.88. The van der Waals surface area contributed by atoms with Crippen LogP contribution in [0, 0.1) is 5.92 Å². The van der Waals surface area contributed by atoms with Gasteiger partial charge in [-0.3, -0.25) is 4.99 Å². The monoisotopic (exact) mass is 225 g/mol. The van der Waals surface area contributed by atoms with Gasteiger partial charge in [0.05, 0.1) is 5.69 Å². The van der Waals surface area contributed by atoms with E-state index in [0.29, 0.717) is 5.41 Å². The van der Waals surface area contributed by atoms with E-state index in [0.717, 1.165) is 5.92 Å². The molecule has 2 atom stereocenters. The number of benzene rings is 1. The lowest BCUT2D eigenvalue weighted by Crippen LogP contribution is -2.45. The number of fused-ring (bicyclic) bond motifs is 1. The molecule has 2 aliphatic carbocycles. The Bertz CT molecular complexity index is 486. The summed E-state index contributed by atoms with van der Waals surface area (Å²) >= 11 is 0. The van der Waals surface area contributed by atoms with E-state index < -0.39 is 0 Å².